The largest absolute Gasteiger partial charge is 1.00 e. The molecular weight excluding hydrogens is 2000 g/mol. The number of H-pyrrole nitrogens is 8. The Balaban J connectivity index is 0.000000364. The van der Waals surface area contributed by atoms with Gasteiger partial charge >= 0.3 is 89.5 Å². The number of aromatic nitrogens is 16. The van der Waals surface area contributed by atoms with Crippen molar-refractivity contribution < 1.29 is 125 Å². The van der Waals surface area contributed by atoms with Crippen LogP contribution in [0.3, 0.4) is 0 Å². The summed E-state index contributed by atoms with van der Waals surface area (Å²) in [5.41, 5.74) is 39.4. The normalized spacial score (nSPS) is 10.2. The van der Waals surface area contributed by atoms with E-state index >= 15 is 0 Å². The van der Waals surface area contributed by atoms with Gasteiger partial charge in [0.1, 0.15) is 0 Å². The number of nitrogens with zero attached hydrogens (tertiary/aromatic N) is 8. The zero-order valence-electron chi connectivity index (χ0n) is 73.6. The van der Waals surface area contributed by atoms with Crippen LogP contribution in [-0.4, -0.2) is 117 Å². The van der Waals surface area contributed by atoms with E-state index in [-0.39, 0.29) is 89.5 Å². The Morgan fingerprint density at radius 2 is 0.262 bits per heavy atom. The molecule has 0 unspecified atom stereocenters. The number of hydrogen-bond acceptors (Lipinski definition) is 16. The van der Waals surface area contributed by atoms with Crippen molar-refractivity contribution in [2.24, 2.45) is 0 Å². The summed E-state index contributed by atoms with van der Waals surface area (Å²) in [5, 5.41) is 57.6. The fourth-order valence-corrected chi connectivity index (χ4v) is 13.1. The third-order valence-electron chi connectivity index (χ3n) is 20.0. The van der Waals surface area contributed by atoms with Crippen molar-refractivity contribution in [2.75, 3.05) is 0 Å². The maximum atomic E-state index is 8.52. The van der Waals surface area contributed by atoms with Crippen LogP contribution in [0.2, 0.25) is 0 Å². The van der Waals surface area contributed by atoms with E-state index in [4.69, 9.17) is 35.0 Å². The van der Waals surface area contributed by atoms with Gasteiger partial charge in [-0.3, -0.25) is 57.6 Å². The van der Waals surface area contributed by atoms with Crippen LogP contribution >= 0.6 is 0 Å². The quantitative estimate of drug-likeness (QED) is 0.0253. The van der Waals surface area contributed by atoms with Gasteiger partial charge in [-0.1, -0.05) is 243 Å². The summed E-state index contributed by atoms with van der Waals surface area (Å²) < 4.78 is 68.2. The molecule has 0 atom stereocenters. The van der Waals surface area contributed by atoms with E-state index in [1.807, 2.05) is 104 Å². The van der Waals surface area contributed by atoms with Crippen LogP contribution in [0.1, 0.15) is 180 Å². The molecule has 0 aliphatic carbocycles. The second kappa shape index (κ2) is 57.1. The molecule has 0 saturated heterocycles. The topological polar surface area (TPSA) is 390 Å². The van der Waals surface area contributed by atoms with Gasteiger partial charge in [0.15, 0.2) is 0 Å². The van der Waals surface area contributed by atoms with E-state index in [2.05, 4.69) is 331 Å². The Kier molecular flexibility index (Phi) is 50.0. The van der Waals surface area contributed by atoms with Gasteiger partial charge in [-0.25, -0.2) is 0 Å². The number of aromatic amines is 8. The monoisotopic (exact) mass is 2110 g/mol. The molecule has 126 heavy (non-hydrogen) atoms. The van der Waals surface area contributed by atoms with Crippen molar-refractivity contribution in [3.05, 3.63) is 423 Å². The molecule has 0 aliphatic rings. The van der Waals surface area contributed by atoms with Crippen molar-refractivity contribution in [3.8, 4) is 0 Å². The maximum absolute atomic E-state index is 8.52. The smallest absolute Gasteiger partial charge is 0.759 e. The molecular formula is C96H112Ag4N16O8S2. The van der Waals surface area contributed by atoms with E-state index in [0.717, 1.165) is 96.9 Å². The number of benzene rings is 8. The van der Waals surface area contributed by atoms with E-state index in [9.17, 15) is 0 Å². The Hall–Kier alpha value is -9.86. The Morgan fingerprint density at radius 1 is 0.183 bits per heavy atom. The first-order valence-electron chi connectivity index (χ1n) is 39.9. The summed E-state index contributed by atoms with van der Waals surface area (Å²) in [6.07, 6.45) is 7.74. The molecule has 0 fully saturated rings. The first-order valence-corrected chi connectivity index (χ1v) is 42.5. The average molecular weight is 2110 g/mol. The van der Waals surface area contributed by atoms with Crippen molar-refractivity contribution in [3.63, 3.8) is 0 Å². The summed E-state index contributed by atoms with van der Waals surface area (Å²) in [6.45, 7) is 32.9. The van der Waals surface area contributed by atoms with Gasteiger partial charge in [-0.2, -0.15) is 40.8 Å². The molecule has 8 aromatic heterocycles. The number of rotatable bonds is 16. The molecule has 0 saturated carbocycles. The van der Waals surface area contributed by atoms with Gasteiger partial charge < -0.3 is 18.2 Å². The van der Waals surface area contributed by atoms with Crippen molar-refractivity contribution in [2.45, 2.75) is 162 Å². The predicted octanol–water partition coefficient (Wildman–Crippen LogP) is 18.3. The number of hydrogen-bond donors (Lipinski definition) is 8. The SMILES string of the molecule is Cc1n[nH]c(C)c1Cc1ccccc1.Cc1n[nH]c(C)c1Cc1ccccc1.Cc1n[nH]c(C)c1Cc1ccccc1.Cc1n[nH]c(C)c1Cc1ccccc1.Cc1n[nH]c(C)c1Cc1ccccc1.Cc1n[nH]c(C)c1Cc1ccccc1.Cc1n[nH]c(C)c1Cc1ccccc1.Cc1n[nH]c(C)c1Cc1ccccc1.O=S(=O)([O-])[O-].O=S(=O)([O-])[O-].[Ag+].[Ag+].[Ag+].[Ag+]. The first-order chi connectivity index (χ1) is 58.2. The van der Waals surface area contributed by atoms with Gasteiger partial charge in [-0.15, -0.1) is 0 Å². The van der Waals surface area contributed by atoms with E-state index < -0.39 is 20.8 Å². The minimum atomic E-state index is -5.17. The molecule has 0 radical (unpaired) electrons. The second-order valence-corrected chi connectivity index (χ2v) is 31.0. The van der Waals surface area contributed by atoms with Gasteiger partial charge in [0.2, 0.25) is 0 Å². The molecule has 0 amide bonds. The molecule has 30 heteroatoms. The summed E-state index contributed by atoms with van der Waals surface area (Å²) in [6, 6.07) is 83.8. The zero-order valence-corrected chi connectivity index (χ0v) is 81.2. The minimum Gasteiger partial charge on any atom is -0.759 e. The third-order valence-corrected chi connectivity index (χ3v) is 20.0. The standard InChI is InChI=1S/8C12H14N2.4Ag.2H2O4S/c8*1-9-12(10(2)14-13-9)8-11-6-4-3-5-7-11;;;;;2*1-5(2,3)4/h8*3-7H,8H2,1-2H3,(H,13,14);;;;;2*(H2,1,2,3,4)/q;;;;;;;;4*+1;;/p-4. The Labute approximate surface area is 804 Å². The molecule has 0 spiro atoms. The fraction of sp³-hybridized carbons (Fsp3) is 0.250. The molecule has 24 nitrogen and oxygen atoms in total. The van der Waals surface area contributed by atoms with Crippen LogP contribution in [0.15, 0.2) is 243 Å². The Bertz CT molecular complexity index is 4750. The van der Waals surface area contributed by atoms with Gasteiger partial charge in [0.05, 0.1) is 45.6 Å². The average Bonchev–Trinajstić information content (AvgIpc) is 1.77. The molecule has 8 N–H and O–H groups in total. The van der Waals surface area contributed by atoms with Crippen LogP contribution in [0.5, 0.6) is 0 Å². The molecule has 16 rings (SSSR count). The first kappa shape index (κ1) is 110. The molecule has 0 aliphatic heterocycles. The predicted molar refractivity (Wildman–Crippen MR) is 479 cm³/mol. The minimum absolute atomic E-state index is 0. The van der Waals surface area contributed by atoms with Gasteiger partial charge in [0.25, 0.3) is 0 Å². The van der Waals surface area contributed by atoms with E-state index in [0.29, 0.717) is 0 Å². The Morgan fingerprint density at radius 3 is 0.325 bits per heavy atom. The van der Waals surface area contributed by atoms with Crippen LogP contribution < -0.4 is 0 Å². The zero-order chi connectivity index (χ0) is 88.7. The maximum Gasteiger partial charge on any atom is 1.00 e. The van der Waals surface area contributed by atoms with Crippen LogP contribution in [0, 0.1) is 111 Å². The summed E-state index contributed by atoms with van der Waals surface area (Å²) in [7, 11) is -10.3. The van der Waals surface area contributed by atoms with Gasteiger partial charge in [0, 0.05) is 162 Å². The number of nitrogens with one attached hydrogen (secondary N) is 8. The van der Waals surface area contributed by atoms with Crippen LogP contribution in [0.25, 0.3) is 0 Å². The molecule has 0 bridgehead atoms. The van der Waals surface area contributed by atoms with Crippen LogP contribution in [-0.2, 0) is 162 Å². The number of aryl methyl sites for hydroxylation is 16. The molecule has 16 aromatic rings. The van der Waals surface area contributed by atoms with Gasteiger partial charge in [-0.05, 0) is 155 Å². The summed E-state index contributed by atoms with van der Waals surface area (Å²) in [4.78, 5) is 0. The van der Waals surface area contributed by atoms with Crippen molar-refractivity contribution in [1.82, 2.24) is 81.6 Å². The molecule has 8 heterocycles. The molecule has 8 aromatic carbocycles. The fourth-order valence-electron chi connectivity index (χ4n) is 13.1. The van der Waals surface area contributed by atoms with Crippen molar-refractivity contribution in [1.29, 1.82) is 0 Å². The molecule has 680 valence electrons. The van der Waals surface area contributed by atoms with E-state index in [1.54, 1.807) is 0 Å². The van der Waals surface area contributed by atoms with Crippen molar-refractivity contribution >= 4 is 20.8 Å². The summed E-state index contributed by atoms with van der Waals surface area (Å²) >= 11 is 0. The van der Waals surface area contributed by atoms with Crippen LogP contribution in [0.4, 0.5) is 0 Å². The third kappa shape index (κ3) is 40.4. The second-order valence-electron chi connectivity index (χ2n) is 29.4. The summed E-state index contributed by atoms with van der Waals surface area (Å²) in [5.74, 6) is 0. The van der Waals surface area contributed by atoms with E-state index in [1.165, 1.54) is 135 Å².